The number of nitrogens with two attached hydrogens (primary N) is 1. The quantitative estimate of drug-likeness (QED) is 0.248. The van der Waals surface area contributed by atoms with Gasteiger partial charge in [-0.15, -0.1) is 0 Å². The molecular weight excluding hydrogens is 570 g/mol. The summed E-state index contributed by atoms with van der Waals surface area (Å²) in [6, 6.07) is -0.974. The molecule has 0 aromatic heterocycles. The minimum atomic E-state index is -1.80. The van der Waals surface area contributed by atoms with Crippen molar-refractivity contribution in [3.05, 3.63) is 72.9 Å². The molecule has 3 rings (SSSR count). The first-order valence-corrected chi connectivity index (χ1v) is 15.3. The van der Waals surface area contributed by atoms with Gasteiger partial charge in [-0.2, -0.15) is 0 Å². The van der Waals surface area contributed by atoms with Gasteiger partial charge in [-0.1, -0.05) is 73.8 Å². The molecule has 0 saturated carbocycles. The predicted molar refractivity (Wildman–Crippen MR) is 164 cm³/mol. The molecule has 2 saturated heterocycles. The van der Waals surface area contributed by atoms with Crippen molar-refractivity contribution in [1.29, 1.82) is 0 Å². The fraction of sp³-hybridized carbons (Fsp3) is 0.606. The van der Waals surface area contributed by atoms with Crippen LogP contribution < -0.4 is 5.73 Å². The Morgan fingerprint density at radius 1 is 0.886 bits per heavy atom. The molecule has 3 heterocycles. The molecule has 0 spiro atoms. The second kappa shape index (κ2) is 17.3. The van der Waals surface area contributed by atoms with Crippen LogP contribution in [0.5, 0.6) is 0 Å². The molecule has 7 N–H and O–H groups in total. The first kappa shape index (κ1) is 36.0. The Morgan fingerprint density at radius 2 is 1.55 bits per heavy atom. The van der Waals surface area contributed by atoms with Crippen LogP contribution in [-0.4, -0.2) is 98.5 Å². The molecule has 0 amide bonds. The van der Waals surface area contributed by atoms with Crippen LogP contribution in [0.15, 0.2) is 72.9 Å². The van der Waals surface area contributed by atoms with Gasteiger partial charge in [0.2, 0.25) is 0 Å². The molecule has 11 heteroatoms. The topological polar surface area (TPSA) is 181 Å². The normalized spacial score (nSPS) is 41.7. The Balaban J connectivity index is 1.84. The molecule has 0 aromatic rings. The van der Waals surface area contributed by atoms with Crippen LogP contribution in [0.2, 0.25) is 0 Å². The molecule has 0 aromatic carbocycles. The van der Waals surface area contributed by atoms with Crippen molar-refractivity contribution in [3.63, 3.8) is 0 Å². The van der Waals surface area contributed by atoms with E-state index >= 15 is 0 Å². The van der Waals surface area contributed by atoms with E-state index in [1.54, 1.807) is 51.2 Å². The highest BCUT2D eigenvalue weighted by Gasteiger charge is 2.46. The fourth-order valence-electron chi connectivity index (χ4n) is 5.33. The lowest BCUT2D eigenvalue weighted by molar-refractivity contribution is -0.308. The van der Waals surface area contributed by atoms with E-state index in [0.717, 1.165) is 0 Å². The zero-order valence-corrected chi connectivity index (χ0v) is 25.7. The number of aliphatic hydroxyl groups is 5. The molecule has 44 heavy (non-hydrogen) atoms. The van der Waals surface area contributed by atoms with Crippen LogP contribution in [0.25, 0.3) is 0 Å². The Morgan fingerprint density at radius 3 is 2.30 bits per heavy atom. The molecule has 2 bridgehead atoms. The Labute approximate surface area is 259 Å². The highest BCUT2D eigenvalue weighted by atomic mass is 16.7. The predicted octanol–water partition coefficient (Wildman–Crippen LogP) is 1.84. The smallest absolute Gasteiger partial charge is 0.331 e. The van der Waals surface area contributed by atoms with Gasteiger partial charge in [0.1, 0.15) is 12.2 Å². The van der Waals surface area contributed by atoms with Crippen molar-refractivity contribution in [2.24, 2.45) is 11.7 Å². The summed E-state index contributed by atoms with van der Waals surface area (Å²) in [5.74, 6) is -2.66. The lowest BCUT2D eigenvalue weighted by atomic mass is 9.84. The first-order valence-electron chi connectivity index (χ1n) is 15.3. The third kappa shape index (κ3) is 11.2. The number of ether oxygens (including phenoxy) is 4. The molecule has 0 radical (unpaired) electrons. The van der Waals surface area contributed by atoms with Crippen molar-refractivity contribution >= 4 is 5.97 Å². The van der Waals surface area contributed by atoms with E-state index in [4.69, 9.17) is 24.7 Å². The van der Waals surface area contributed by atoms with Gasteiger partial charge in [-0.05, 0) is 20.3 Å². The van der Waals surface area contributed by atoms with Crippen molar-refractivity contribution in [2.75, 3.05) is 0 Å². The van der Waals surface area contributed by atoms with Gasteiger partial charge in [-0.3, -0.25) is 0 Å². The van der Waals surface area contributed by atoms with Crippen molar-refractivity contribution in [3.8, 4) is 0 Å². The highest BCUT2D eigenvalue weighted by Crippen LogP contribution is 2.37. The number of carbonyl (C=O) groups is 1. The number of carbonyl (C=O) groups excluding carboxylic acids is 1. The van der Waals surface area contributed by atoms with Gasteiger partial charge < -0.3 is 50.2 Å². The standard InChI is InChI=1S/C33H49NO10/c1-21-14-10-7-5-4-6-8-12-16-25(43-32-31(39)29(34)30(38)23(3)42-32)18-27-22(2)26(36)20-33(40,44-27)19-24(35)15-11-9-13-17-28(37)41-21/h4-13,16-17,21-27,29-32,35-36,38-40H,14-15,18-20,34H2,1-3H3. The Kier molecular flexibility index (Phi) is 14.2. The number of rotatable bonds is 2. The van der Waals surface area contributed by atoms with Crippen LogP contribution in [0.3, 0.4) is 0 Å². The summed E-state index contributed by atoms with van der Waals surface area (Å²) < 4.78 is 23.3. The minimum absolute atomic E-state index is 0.0883. The minimum Gasteiger partial charge on any atom is -0.459 e. The van der Waals surface area contributed by atoms with Crippen LogP contribution in [0, 0.1) is 5.92 Å². The van der Waals surface area contributed by atoms with E-state index < -0.39 is 66.8 Å². The van der Waals surface area contributed by atoms with Crippen molar-refractivity contribution in [2.45, 2.75) is 120 Å². The van der Waals surface area contributed by atoms with Crippen LogP contribution >= 0.6 is 0 Å². The number of allylic oxidation sites excluding steroid dienone is 8. The van der Waals surface area contributed by atoms with E-state index in [-0.39, 0.29) is 37.7 Å². The number of cyclic esters (lactones) is 1. The molecule has 0 aliphatic carbocycles. The summed E-state index contributed by atoms with van der Waals surface area (Å²) in [6.45, 7) is 5.24. The SMILES string of the molecule is CC1CC=CC=CC=CC=CC(OC2OC(C)C(O)C(N)C2O)CC2OC(O)(CC(O)CC=CC=CC(=O)O1)CC(O)C2C. The van der Waals surface area contributed by atoms with E-state index in [0.29, 0.717) is 6.42 Å². The third-order valence-electron chi connectivity index (χ3n) is 8.01. The molecular formula is C33H49NO10. The molecule has 2 fully saturated rings. The number of hydrogen-bond acceptors (Lipinski definition) is 11. The van der Waals surface area contributed by atoms with Crippen LogP contribution in [0.4, 0.5) is 0 Å². The lowest BCUT2D eigenvalue weighted by Crippen LogP contribution is -2.61. The maximum atomic E-state index is 12.0. The van der Waals surface area contributed by atoms with E-state index in [2.05, 4.69) is 0 Å². The van der Waals surface area contributed by atoms with Gasteiger partial charge in [-0.25, -0.2) is 4.79 Å². The largest absolute Gasteiger partial charge is 0.459 e. The number of hydrogen-bond donors (Lipinski definition) is 6. The maximum Gasteiger partial charge on any atom is 0.331 e. The molecule has 246 valence electrons. The van der Waals surface area contributed by atoms with Gasteiger partial charge in [0, 0.05) is 37.7 Å². The second-order valence-electron chi connectivity index (χ2n) is 11.9. The summed E-state index contributed by atoms with van der Waals surface area (Å²) in [5, 5.41) is 53.7. The Hall–Kier alpha value is -2.45. The second-order valence-corrected chi connectivity index (χ2v) is 11.9. The number of fused-ring (bicyclic) bond motifs is 2. The van der Waals surface area contributed by atoms with Gasteiger partial charge in [0.25, 0.3) is 0 Å². The average molecular weight is 620 g/mol. The third-order valence-corrected chi connectivity index (χ3v) is 8.01. The monoisotopic (exact) mass is 619 g/mol. The zero-order valence-electron chi connectivity index (χ0n) is 25.7. The number of aliphatic hydroxyl groups excluding tert-OH is 4. The van der Waals surface area contributed by atoms with E-state index in [1.807, 2.05) is 30.4 Å². The summed E-state index contributed by atoms with van der Waals surface area (Å²) in [5.41, 5.74) is 6.00. The average Bonchev–Trinajstić information content (AvgIpc) is 2.95. The van der Waals surface area contributed by atoms with Gasteiger partial charge >= 0.3 is 5.97 Å². The maximum absolute atomic E-state index is 12.0. The lowest BCUT2D eigenvalue weighted by Gasteiger charge is -2.45. The molecule has 3 aliphatic rings. The first-order chi connectivity index (χ1) is 20.9. The summed E-state index contributed by atoms with van der Waals surface area (Å²) >= 11 is 0. The van der Waals surface area contributed by atoms with E-state index in [9.17, 15) is 30.3 Å². The summed E-state index contributed by atoms with van der Waals surface area (Å²) in [7, 11) is 0. The zero-order chi connectivity index (χ0) is 32.3. The highest BCUT2D eigenvalue weighted by molar-refractivity contribution is 5.82. The fourth-order valence-corrected chi connectivity index (χ4v) is 5.33. The summed E-state index contributed by atoms with van der Waals surface area (Å²) in [6.07, 6.45) is 13.5. The van der Waals surface area contributed by atoms with Crippen molar-refractivity contribution < 1.29 is 49.3 Å². The van der Waals surface area contributed by atoms with Crippen molar-refractivity contribution in [1.82, 2.24) is 0 Å². The molecule has 12 atom stereocenters. The Bertz CT molecular complexity index is 1090. The molecule has 11 nitrogen and oxygen atoms in total. The van der Waals surface area contributed by atoms with Crippen LogP contribution in [0.1, 0.15) is 52.9 Å². The van der Waals surface area contributed by atoms with Gasteiger partial charge in [0.15, 0.2) is 12.1 Å². The number of esters is 1. The van der Waals surface area contributed by atoms with Gasteiger partial charge in [0.05, 0.1) is 42.7 Å². The van der Waals surface area contributed by atoms with E-state index in [1.165, 1.54) is 12.2 Å². The summed E-state index contributed by atoms with van der Waals surface area (Å²) in [4.78, 5) is 12.0. The molecule has 3 aliphatic heterocycles. The van der Waals surface area contributed by atoms with Crippen LogP contribution in [-0.2, 0) is 23.7 Å². The molecule has 12 unspecified atom stereocenters.